The summed E-state index contributed by atoms with van der Waals surface area (Å²) < 4.78 is 21.6. The summed E-state index contributed by atoms with van der Waals surface area (Å²) in [4.78, 5) is 24.4. The minimum absolute atomic E-state index is 0.323. The van der Waals surface area contributed by atoms with E-state index in [1.165, 1.54) is 17.7 Å². The fourth-order valence-corrected chi connectivity index (χ4v) is 4.39. The molecule has 0 unspecified atom stereocenters. The molecule has 0 spiro atoms. The summed E-state index contributed by atoms with van der Waals surface area (Å²) in [5.74, 6) is 2.12. The largest absolute Gasteiger partial charge is 0.493 e. The van der Waals surface area contributed by atoms with Crippen molar-refractivity contribution in [1.82, 2.24) is 9.97 Å². The highest BCUT2D eigenvalue weighted by molar-refractivity contribution is 7.20. The number of aromatic nitrogens is 2. The Labute approximate surface area is 179 Å². The van der Waals surface area contributed by atoms with Crippen LogP contribution < -0.4 is 19.1 Å². The molecule has 2 heterocycles. The molecule has 0 saturated heterocycles. The second-order valence-corrected chi connectivity index (χ2v) is 7.50. The predicted molar refractivity (Wildman–Crippen MR) is 116 cm³/mol. The van der Waals surface area contributed by atoms with Crippen molar-refractivity contribution < 1.29 is 23.7 Å². The molecule has 0 bridgehead atoms. The Bertz CT molecular complexity index is 1070. The third kappa shape index (κ3) is 3.85. The van der Waals surface area contributed by atoms with E-state index in [1.54, 1.807) is 28.3 Å². The second kappa shape index (κ2) is 9.17. The molecule has 30 heavy (non-hydrogen) atoms. The summed E-state index contributed by atoms with van der Waals surface area (Å²) >= 11 is 1.31. The van der Waals surface area contributed by atoms with E-state index >= 15 is 0 Å². The van der Waals surface area contributed by atoms with Gasteiger partial charge in [0.1, 0.15) is 21.9 Å². The van der Waals surface area contributed by atoms with Gasteiger partial charge in [-0.25, -0.2) is 14.8 Å². The maximum atomic E-state index is 12.3. The quantitative estimate of drug-likeness (QED) is 0.498. The Kier molecular flexibility index (Phi) is 6.61. The van der Waals surface area contributed by atoms with Crippen molar-refractivity contribution in [2.45, 2.75) is 20.4 Å². The molecule has 0 fully saturated rings. The van der Waals surface area contributed by atoms with Gasteiger partial charge in [-0.1, -0.05) is 0 Å². The van der Waals surface area contributed by atoms with Gasteiger partial charge in [0, 0.05) is 19.2 Å². The fourth-order valence-electron chi connectivity index (χ4n) is 3.35. The van der Waals surface area contributed by atoms with E-state index in [2.05, 4.69) is 9.97 Å². The number of aryl methyl sites for hydroxylation is 1. The number of rotatable bonds is 8. The maximum Gasteiger partial charge on any atom is 0.348 e. The van der Waals surface area contributed by atoms with Gasteiger partial charge in [0.05, 0.1) is 33.3 Å². The average molecular weight is 432 g/mol. The smallest absolute Gasteiger partial charge is 0.348 e. The van der Waals surface area contributed by atoms with Crippen molar-refractivity contribution in [3.63, 3.8) is 0 Å². The number of anilines is 1. The summed E-state index contributed by atoms with van der Waals surface area (Å²) in [6, 6.07) is 3.77. The Balaban J connectivity index is 2.02. The lowest BCUT2D eigenvalue weighted by molar-refractivity contribution is 0.0531. The molecular weight excluding hydrogens is 406 g/mol. The molecule has 0 amide bonds. The summed E-state index contributed by atoms with van der Waals surface area (Å²) in [5, 5.41) is 0.840. The first-order chi connectivity index (χ1) is 14.5. The molecule has 9 heteroatoms. The number of fused-ring (bicyclic) bond motifs is 1. The van der Waals surface area contributed by atoms with Gasteiger partial charge in [0.15, 0.2) is 11.5 Å². The number of thiophene rings is 1. The topological polar surface area (TPSA) is 83.0 Å². The van der Waals surface area contributed by atoms with Crippen molar-refractivity contribution >= 4 is 33.3 Å². The number of nitrogens with zero attached hydrogens (tertiary/aromatic N) is 3. The van der Waals surface area contributed by atoms with Gasteiger partial charge >= 0.3 is 5.97 Å². The molecule has 2 aromatic heterocycles. The molecule has 0 N–H and O–H groups in total. The van der Waals surface area contributed by atoms with Crippen LogP contribution in [0.1, 0.15) is 27.7 Å². The SMILES string of the molecule is CCOC(=O)c1sc2ncnc(N(C)Cc3ccc(OC)c(OC)c3OC)c2c1C. The van der Waals surface area contributed by atoms with Crippen LogP contribution in [0.5, 0.6) is 17.2 Å². The fraction of sp³-hybridized carbons (Fsp3) is 0.381. The number of hydrogen-bond donors (Lipinski definition) is 0. The van der Waals surface area contributed by atoms with Crippen LogP contribution in [0, 0.1) is 6.92 Å². The summed E-state index contributed by atoms with van der Waals surface area (Å²) in [6.45, 7) is 4.50. The van der Waals surface area contributed by atoms with E-state index in [9.17, 15) is 4.79 Å². The van der Waals surface area contributed by atoms with Crippen molar-refractivity contribution in [2.75, 3.05) is 39.9 Å². The molecule has 0 saturated carbocycles. The standard InChI is InChI=1S/C21H25N3O5S/c1-7-29-21(25)18-12(2)15-19(22-11-23-20(15)30-18)24(3)10-13-8-9-14(26-4)17(28-6)16(13)27-5/h8-9,11H,7,10H2,1-6H3. The van der Waals surface area contributed by atoms with Crippen molar-refractivity contribution in [3.8, 4) is 17.2 Å². The number of esters is 1. The number of methoxy groups -OCH3 is 3. The number of carbonyl (C=O) groups excluding carboxylic acids is 1. The highest BCUT2D eigenvalue weighted by atomic mass is 32.1. The first-order valence-corrected chi connectivity index (χ1v) is 10.2. The molecule has 0 aliphatic carbocycles. The van der Waals surface area contributed by atoms with E-state index in [4.69, 9.17) is 18.9 Å². The van der Waals surface area contributed by atoms with E-state index in [0.717, 1.165) is 27.2 Å². The van der Waals surface area contributed by atoms with Gasteiger partial charge < -0.3 is 23.8 Å². The Morgan fingerprint density at radius 3 is 2.47 bits per heavy atom. The van der Waals surface area contributed by atoms with Gasteiger partial charge in [-0.15, -0.1) is 11.3 Å². The lowest BCUT2D eigenvalue weighted by atomic mass is 10.1. The minimum Gasteiger partial charge on any atom is -0.493 e. The van der Waals surface area contributed by atoms with Crippen LogP contribution in [0.4, 0.5) is 5.82 Å². The Morgan fingerprint density at radius 2 is 1.83 bits per heavy atom. The molecule has 0 aliphatic heterocycles. The number of ether oxygens (including phenoxy) is 4. The summed E-state index contributed by atoms with van der Waals surface area (Å²) in [7, 11) is 6.69. The van der Waals surface area contributed by atoms with Gasteiger partial charge in [0.25, 0.3) is 0 Å². The van der Waals surface area contributed by atoms with Crippen molar-refractivity contribution in [3.05, 3.63) is 34.5 Å². The number of carbonyl (C=O) groups is 1. The van der Waals surface area contributed by atoms with E-state index in [1.807, 2.05) is 31.0 Å². The van der Waals surface area contributed by atoms with Crippen molar-refractivity contribution in [1.29, 1.82) is 0 Å². The lowest BCUT2D eigenvalue weighted by Crippen LogP contribution is -2.19. The molecule has 3 rings (SSSR count). The third-order valence-corrected chi connectivity index (χ3v) is 5.90. The second-order valence-electron chi connectivity index (χ2n) is 6.50. The van der Waals surface area contributed by atoms with Crippen LogP contribution in [0.25, 0.3) is 10.2 Å². The maximum absolute atomic E-state index is 12.3. The normalized spacial score (nSPS) is 10.7. The highest BCUT2D eigenvalue weighted by Crippen LogP contribution is 2.41. The molecule has 0 aliphatic rings. The van der Waals surface area contributed by atoms with E-state index in [-0.39, 0.29) is 5.97 Å². The molecule has 3 aromatic rings. The monoisotopic (exact) mass is 431 g/mol. The van der Waals surface area contributed by atoms with E-state index < -0.39 is 0 Å². The molecular formula is C21H25N3O5S. The molecule has 0 atom stereocenters. The van der Waals surface area contributed by atoms with Crippen LogP contribution >= 0.6 is 11.3 Å². The Hall–Kier alpha value is -3.07. The van der Waals surface area contributed by atoms with Crippen molar-refractivity contribution in [2.24, 2.45) is 0 Å². The zero-order chi connectivity index (χ0) is 21.8. The van der Waals surface area contributed by atoms with Crippen LogP contribution in [0.3, 0.4) is 0 Å². The minimum atomic E-state index is -0.340. The molecule has 1 aromatic carbocycles. The van der Waals surface area contributed by atoms with Gasteiger partial charge in [-0.2, -0.15) is 0 Å². The van der Waals surface area contributed by atoms with Gasteiger partial charge in [-0.05, 0) is 31.5 Å². The number of hydrogen-bond acceptors (Lipinski definition) is 9. The average Bonchev–Trinajstić information content (AvgIpc) is 3.10. The highest BCUT2D eigenvalue weighted by Gasteiger charge is 2.23. The van der Waals surface area contributed by atoms with Gasteiger partial charge in [-0.3, -0.25) is 0 Å². The van der Waals surface area contributed by atoms with Crippen LogP contribution in [-0.2, 0) is 11.3 Å². The number of benzene rings is 1. The van der Waals surface area contributed by atoms with Gasteiger partial charge in [0.2, 0.25) is 5.75 Å². The lowest BCUT2D eigenvalue weighted by Gasteiger charge is -2.22. The third-order valence-electron chi connectivity index (χ3n) is 4.72. The van der Waals surface area contributed by atoms with Crippen LogP contribution in [0.15, 0.2) is 18.5 Å². The molecule has 160 valence electrons. The van der Waals surface area contributed by atoms with Crippen LogP contribution in [-0.4, -0.2) is 50.9 Å². The molecule has 8 nitrogen and oxygen atoms in total. The van der Waals surface area contributed by atoms with E-state index in [0.29, 0.717) is 35.3 Å². The van der Waals surface area contributed by atoms with Crippen LogP contribution in [0.2, 0.25) is 0 Å². The zero-order valence-electron chi connectivity index (χ0n) is 17.9. The first kappa shape index (κ1) is 21.6. The predicted octanol–water partition coefficient (Wildman–Crippen LogP) is 3.84. The molecule has 0 radical (unpaired) electrons. The zero-order valence-corrected chi connectivity index (χ0v) is 18.8. The summed E-state index contributed by atoms with van der Waals surface area (Å²) in [5.41, 5.74) is 1.72. The Morgan fingerprint density at radius 1 is 1.10 bits per heavy atom. The first-order valence-electron chi connectivity index (χ1n) is 9.36. The summed E-state index contributed by atoms with van der Waals surface area (Å²) in [6.07, 6.45) is 1.50.